The summed E-state index contributed by atoms with van der Waals surface area (Å²) in [7, 11) is -1.28. The number of benzene rings is 4. The molecule has 0 amide bonds. The molecule has 0 N–H and O–H groups in total. The molecule has 254 valence electrons. The molecule has 4 saturated carbocycles. The standard InChI is InChI=1S/C44H54F2P2/c45-43-37-27-15-13-17-31(37)29-39(47(33-19-5-1-6-20-33)34-21-7-2-8-22-34)41(43)42-40(30-32-18-14-16-28-38(32)44(42)46)48(35-23-9-3-10-24-35)36-25-11-4-12-26-36/h13-18,27-30,33-36H,1-12,19-26H2. The molecule has 0 saturated heterocycles. The van der Waals surface area contributed by atoms with Crippen molar-refractivity contribution in [2.24, 2.45) is 0 Å². The van der Waals surface area contributed by atoms with E-state index in [1.165, 1.54) is 139 Å². The van der Waals surface area contributed by atoms with Crippen LogP contribution in [0.3, 0.4) is 0 Å². The Morgan fingerprint density at radius 3 is 1.00 bits per heavy atom. The van der Waals surface area contributed by atoms with E-state index >= 15 is 8.78 Å². The first-order valence-corrected chi connectivity index (χ1v) is 22.6. The second-order valence-corrected chi connectivity index (χ2v) is 21.1. The molecule has 0 unspecified atom stereocenters. The van der Waals surface area contributed by atoms with Gasteiger partial charge < -0.3 is 0 Å². The summed E-state index contributed by atoms with van der Waals surface area (Å²) in [6.45, 7) is 0. The molecule has 4 fully saturated rings. The predicted molar refractivity (Wildman–Crippen MR) is 207 cm³/mol. The SMILES string of the molecule is Fc1c(-c2c(P(C3CCCCC3)C3CCCCC3)cc3ccccc3c2F)c(P(C2CCCCC2)C2CCCCC2)cc2ccccc12. The molecule has 0 spiro atoms. The van der Waals surface area contributed by atoms with Crippen molar-refractivity contribution >= 4 is 48.0 Å². The largest absolute Gasteiger partial charge is 0.206 e. The van der Waals surface area contributed by atoms with Gasteiger partial charge in [0, 0.05) is 21.9 Å². The minimum absolute atomic E-state index is 0.153. The molecule has 4 aromatic carbocycles. The summed E-state index contributed by atoms with van der Waals surface area (Å²) in [6, 6.07) is 20.9. The van der Waals surface area contributed by atoms with E-state index in [2.05, 4.69) is 36.4 Å². The highest BCUT2D eigenvalue weighted by Crippen LogP contribution is 2.60. The monoisotopic (exact) mass is 682 g/mol. The third-order valence-electron chi connectivity index (χ3n) is 12.6. The van der Waals surface area contributed by atoms with Gasteiger partial charge in [-0.3, -0.25) is 0 Å². The lowest BCUT2D eigenvalue weighted by Gasteiger charge is -2.41. The number of halogens is 2. The van der Waals surface area contributed by atoms with Crippen LogP contribution in [-0.4, -0.2) is 22.6 Å². The van der Waals surface area contributed by atoms with Gasteiger partial charge in [0.25, 0.3) is 0 Å². The van der Waals surface area contributed by atoms with E-state index in [1.54, 1.807) is 0 Å². The topological polar surface area (TPSA) is 0 Å². The van der Waals surface area contributed by atoms with Crippen molar-refractivity contribution in [3.05, 3.63) is 72.3 Å². The fraction of sp³-hybridized carbons (Fsp3) is 0.545. The maximum absolute atomic E-state index is 17.9. The maximum atomic E-state index is 17.9. The second kappa shape index (κ2) is 15.2. The Morgan fingerprint density at radius 2 is 0.688 bits per heavy atom. The van der Waals surface area contributed by atoms with Crippen LogP contribution in [-0.2, 0) is 0 Å². The van der Waals surface area contributed by atoms with E-state index in [-0.39, 0.29) is 11.6 Å². The molecule has 0 bridgehead atoms. The Hall–Kier alpha value is -1.88. The van der Waals surface area contributed by atoms with Crippen molar-refractivity contribution in [2.45, 2.75) is 151 Å². The minimum atomic E-state index is -0.642. The Balaban J connectivity index is 1.43. The van der Waals surface area contributed by atoms with Crippen LogP contribution in [0.4, 0.5) is 8.78 Å². The molecule has 0 radical (unpaired) electrons. The van der Waals surface area contributed by atoms with Gasteiger partial charge in [0.1, 0.15) is 11.6 Å². The molecule has 4 aliphatic carbocycles. The van der Waals surface area contributed by atoms with Gasteiger partial charge in [-0.25, -0.2) is 8.78 Å². The van der Waals surface area contributed by atoms with Crippen LogP contribution in [0.2, 0.25) is 0 Å². The van der Waals surface area contributed by atoms with Crippen molar-refractivity contribution in [1.29, 1.82) is 0 Å². The second-order valence-electron chi connectivity index (χ2n) is 15.6. The van der Waals surface area contributed by atoms with Crippen LogP contribution in [0.5, 0.6) is 0 Å². The van der Waals surface area contributed by atoms with E-state index in [0.29, 0.717) is 44.5 Å². The number of hydrogen-bond donors (Lipinski definition) is 0. The van der Waals surface area contributed by atoms with E-state index in [0.717, 1.165) is 10.8 Å². The average molecular weight is 683 g/mol. The van der Waals surface area contributed by atoms with Gasteiger partial charge in [-0.2, -0.15) is 0 Å². The van der Waals surface area contributed by atoms with Crippen molar-refractivity contribution in [3.8, 4) is 11.1 Å². The van der Waals surface area contributed by atoms with Gasteiger partial charge in [-0.1, -0.05) is 141 Å². The summed E-state index contributed by atoms with van der Waals surface area (Å²) in [5, 5.41) is 5.73. The molecular formula is C44H54F2P2. The van der Waals surface area contributed by atoms with E-state index in [9.17, 15) is 0 Å². The lowest BCUT2D eigenvalue weighted by molar-refractivity contribution is 0.487. The fourth-order valence-electron chi connectivity index (χ4n) is 10.3. The molecular weight excluding hydrogens is 628 g/mol. The molecule has 0 atom stereocenters. The number of hydrogen-bond acceptors (Lipinski definition) is 0. The number of fused-ring (bicyclic) bond motifs is 2. The minimum Gasteiger partial charge on any atom is -0.206 e. The fourth-order valence-corrected chi connectivity index (χ4v) is 18.2. The molecule has 4 aliphatic rings. The summed E-state index contributed by atoms with van der Waals surface area (Å²) in [4.78, 5) is 0. The summed E-state index contributed by atoms with van der Waals surface area (Å²) in [6.07, 6.45) is 25.5. The van der Waals surface area contributed by atoms with Crippen molar-refractivity contribution in [1.82, 2.24) is 0 Å². The lowest BCUT2D eigenvalue weighted by atomic mass is 9.96. The van der Waals surface area contributed by atoms with Crippen molar-refractivity contribution in [2.75, 3.05) is 0 Å². The zero-order chi connectivity index (χ0) is 32.5. The molecule has 0 aromatic heterocycles. The van der Waals surface area contributed by atoms with Crippen molar-refractivity contribution < 1.29 is 8.78 Å². The van der Waals surface area contributed by atoms with Gasteiger partial charge in [0.2, 0.25) is 0 Å². The van der Waals surface area contributed by atoms with Gasteiger partial charge >= 0.3 is 0 Å². The third-order valence-corrected chi connectivity index (χ3v) is 19.6. The summed E-state index contributed by atoms with van der Waals surface area (Å²) in [5.74, 6) is -0.306. The van der Waals surface area contributed by atoms with Gasteiger partial charge in [0.15, 0.2) is 0 Å². The van der Waals surface area contributed by atoms with E-state index < -0.39 is 15.8 Å². The Bertz CT molecular complexity index is 1540. The Kier molecular flexibility index (Phi) is 10.5. The van der Waals surface area contributed by atoms with Crippen LogP contribution < -0.4 is 10.6 Å². The highest BCUT2D eigenvalue weighted by Gasteiger charge is 2.39. The first-order chi connectivity index (χ1) is 23.7. The zero-order valence-corrected chi connectivity index (χ0v) is 30.7. The summed E-state index contributed by atoms with van der Waals surface area (Å²) in [5.41, 5.74) is 3.80. The first-order valence-electron chi connectivity index (χ1n) is 19.7. The predicted octanol–water partition coefficient (Wildman–Crippen LogP) is 13.5. The van der Waals surface area contributed by atoms with Crippen molar-refractivity contribution in [3.63, 3.8) is 0 Å². The molecule has 0 nitrogen and oxygen atoms in total. The lowest BCUT2D eigenvalue weighted by Crippen LogP contribution is -2.30. The van der Waals surface area contributed by atoms with Crippen LogP contribution in [0, 0.1) is 11.6 Å². The third kappa shape index (κ3) is 6.53. The summed E-state index contributed by atoms with van der Waals surface area (Å²) < 4.78 is 35.7. The van der Waals surface area contributed by atoms with Gasteiger partial charge in [-0.15, -0.1) is 0 Å². The Labute approximate surface area is 290 Å². The molecule has 48 heavy (non-hydrogen) atoms. The maximum Gasteiger partial charge on any atom is 0.139 e. The van der Waals surface area contributed by atoms with Crippen LogP contribution in [0.1, 0.15) is 128 Å². The zero-order valence-electron chi connectivity index (χ0n) is 28.9. The molecule has 4 aromatic rings. The molecule has 4 heteroatoms. The number of rotatable bonds is 7. The molecule has 8 rings (SSSR count). The van der Waals surface area contributed by atoms with Crippen LogP contribution >= 0.6 is 15.8 Å². The molecule has 0 aliphatic heterocycles. The van der Waals surface area contributed by atoms with Gasteiger partial charge in [-0.05, 0) is 108 Å². The smallest absolute Gasteiger partial charge is 0.139 e. The van der Waals surface area contributed by atoms with Crippen LogP contribution in [0.15, 0.2) is 60.7 Å². The van der Waals surface area contributed by atoms with E-state index in [4.69, 9.17) is 0 Å². The normalized spacial score (nSPS) is 21.2. The quantitative estimate of drug-likeness (QED) is 0.170. The highest BCUT2D eigenvalue weighted by atomic mass is 31.1. The average Bonchev–Trinajstić information content (AvgIpc) is 3.15. The summed E-state index contributed by atoms with van der Waals surface area (Å²) >= 11 is 0. The first kappa shape index (κ1) is 33.3. The molecule has 0 heterocycles. The Morgan fingerprint density at radius 1 is 0.396 bits per heavy atom. The highest BCUT2D eigenvalue weighted by molar-refractivity contribution is 7.68. The van der Waals surface area contributed by atoms with Crippen LogP contribution in [0.25, 0.3) is 32.7 Å². The van der Waals surface area contributed by atoms with E-state index in [1.807, 2.05) is 24.3 Å². The van der Waals surface area contributed by atoms with Gasteiger partial charge in [0.05, 0.1) is 0 Å².